The zero-order chi connectivity index (χ0) is 16.6. The van der Waals surface area contributed by atoms with Gasteiger partial charge in [0.2, 0.25) is 0 Å². The summed E-state index contributed by atoms with van der Waals surface area (Å²) in [6.07, 6.45) is 1.94. The molecule has 1 aromatic carbocycles. The van der Waals surface area contributed by atoms with E-state index in [4.69, 9.17) is 4.74 Å². The Kier molecular flexibility index (Phi) is 3.61. The van der Waals surface area contributed by atoms with Gasteiger partial charge in [-0.15, -0.1) is 10.2 Å². The van der Waals surface area contributed by atoms with Crippen molar-refractivity contribution in [1.29, 1.82) is 0 Å². The minimum atomic E-state index is 0.468. The molecule has 0 radical (unpaired) electrons. The molecule has 0 spiro atoms. The smallest absolute Gasteiger partial charge is 0.159 e. The molecule has 4 heterocycles. The SMILES string of the molecule is c1ccc(-c2ncc(CN3CC(c4nnc5n4CCOC5)C3)[nH]2)cc1. The monoisotopic (exact) mass is 336 g/mol. The topological polar surface area (TPSA) is 71.9 Å². The number of fused-ring (bicyclic) bond motifs is 1. The van der Waals surface area contributed by atoms with Gasteiger partial charge >= 0.3 is 0 Å². The van der Waals surface area contributed by atoms with Gasteiger partial charge in [0, 0.05) is 49.6 Å². The first kappa shape index (κ1) is 14.8. The fourth-order valence-corrected chi connectivity index (χ4v) is 3.61. The Hall–Kier alpha value is -2.51. The molecule has 7 heteroatoms. The summed E-state index contributed by atoms with van der Waals surface area (Å²) >= 11 is 0. The van der Waals surface area contributed by atoms with Gasteiger partial charge in [0.1, 0.15) is 18.3 Å². The van der Waals surface area contributed by atoms with E-state index >= 15 is 0 Å². The molecule has 25 heavy (non-hydrogen) atoms. The van der Waals surface area contributed by atoms with Crippen LogP contribution in [0.1, 0.15) is 23.3 Å². The van der Waals surface area contributed by atoms with Gasteiger partial charge in [-0.05, 0) is 0 Å². The van der Waals surface area contributed by atoms with E-state index in [1.54, 1.807) is 0 Å². The van der Waals surface area contributed by atoms with Crippen LogP contribution in [0.3, 0.4) is 0 Å². The summed E-state index contributed by atoms with van der Waals surface area (Å²) in [5.41, 5.74) is 2.27. The van der Waals surface area contributed by atoms with Crippen molar-refractivity contribution in [2.24, 2.45) is 0 Å². The number of aromatic amines is 1. The van der Waals surface area contributed by atoms with Crippen molar-refractivity contribution >= 4 is 0 Å². The number of aromatic nitrogens is 5. The summed E-state index contributed by atoms with van der Waals surface area (Å²) in [6.45, 7) is 5.12. The highest BCUT2D eigenvalue weighted by Gasteiger charge is 2.33. The summed E-state index contributed by atoms with van der Waals surface area (Å²) in [7, 11) is 0. The summed E-state index contributed by atoms with van der Waals surface area (Å²) in [6, 6.07) is 10.2. The number of rotatable bonds is 4. The first-order chi connectivity index (χ1) is 12.4. The molecule has 128 valence electrons. The Bertz CT molecular complexity index is 865. The quantitative estimate of drug-likeness (QED) is 0.786. The van der Waals surface area contributed by atoms with E-state index in [2.05, 4.69) is 41.8 Å². The lowest BCUT2D eigenvalue weighted by Gasteiger charge is -2.38. The molecule has 5 rings (SSSR count). The molecule has 2 aliphatic rings. The Morgan fingerprint density at radius 1 is 1.16 bits per heavy atom. The van der Waals surface area contributed by atoms with Gasteiger partial charge in [-0.3, -0.25) is 4.90 Å². The number of ether oxygens (including phenoxy) is 1. The van der Waals surface area contributed by atoms with Crippen molar-refractivity contribution in [3.63, 3.8) is 0 Å². The predicted octanol–water partition coefficient (Wildman–Crippen LogP) is 1.80. The van der Waals surface area contributed by atoms with Crippen LogP contribution in [0.2, 0.25) is 0 Å². The van der Waals surface area contributed by atoms with Gasteiger partial charge in [-0.1, -0.05) is 30.3 Å². The molecule has 2 aliphatic heterocycles. The second-order valence-corrected chi connectivity index (χ2v) is 6.69. The molecule has 1 fully saturated rings. The summed E-state index contributed by atoms with van der Waals surface area (Å²) in [5, 5.41) is 8.65. The van der Waals surface area contributed by atoms with Gasteiger partial charge in [0.05, 0.1) is 6.61 Å². The van der Waals surface area contributed by atoms with E-state index in [1.165, 1.54) is 0 Å². The molecule has 0 saturated carbocycles. The first-order valence-corrected chi connectivity index (χ1v) is 8.68. The second kappa shape index (κ2) is 6.09. The normalized spacial score (nSPS) is 18.1. The minimum absolute atomic E-state index is 0.468. The minimum Gasteiger partial charge on any atom is -0.372 e. The maximum absolute atomic E-state index is 5.43. The molecule has 7 nitrogen and oxygen atoms in total. The lowest BCUT2D eigenvalue weighted by atomic mass is 9.99. The van der Waals surface area contributed by atoms with Crippen LogP contribution < -0.4 is 0 Å². The van der Waals surface area contributed by atoms with Crippen molar-refractivity contribution < 1.29 is 4.74 Å². The van der Waals surface area contributed by atoms with E-state index < -0.39 is 0 Å². The van der Waals surface area contributed by atoms with Crippen molar-refractivity contribution in [3.05, 3.63) is 53.9 Å². The Morgan fingerprint density at radius 2 is 2.04 bits per heavy atom. The lowest BCUT2D eigenvalue weighted by Crippen LogP contribution is -2.45. The highest BCUT2D eigenvalue weighted by molar-refractivity contribution is 5.54. The maximum atomic E-state index is 5.43. The molecule has 2 aromatic heterocycles. The molecule has 0 unspecified atom stereocenters. The van der Waals surface area contributed by atoms with Crippen LogP contribution in [0.5, 0.6) is 0 Å². The zero-order valence-electron chi connectivity index (χ0n) is 13.9. The number of H-pyrrole nitrogens is 1. The van der Waals surface area contributed by atoms with Crippen molar-refractivity contribution in [1.82, 2.24) is 29.6 Å². The molecular formula is C18H20N6O. The lowest BCUT2D eigenvalue weighted by molar-refractivity contribution is 0.0762. The van der Waals surface area contributed by atoms with Crippen LogP contribution in [0, 0.1) is 0 Å². The molecule has 0 atom stereocenters. The number of hydrogen-bond acceptors (Lipinski definition) is 5. The molecule has 0 aliphatic carbocycles. The third-order valence-electron chi connectivity index (χ3n) is 4.94. The molecule has 1 N–H and O–H groups in total. The number of hydrogen-bond donors (Lipinski definition) is 1. The van der Waals surface area contributed by atoms with E-state index in [-0.39, 0.29) is 0 Å². The second-order valence-electron chi connectivity index (χ2n) is 6.69. The van der Waals surface area contributed by atoms with E-state index in [9.17, 15) is 0 Å². The van der Waals surface area contributed by atoms with Crippen molar-refractivity contribution in [2.45, 2.75) is 25.6 Å². The number of nitrogens with zero attached hydrogens (tertiary/aromatic N) is 5. The van der Waals surface area contributed by atoms with Gasteiger partial charge in [-0.2, -0.15) is 0 Å². The van der Waals surface area contributed by atoms with Gasteiger partial charge < -0.3 is 14.3 Å². The van der Waals surface area contributed by atoms with Crippen LogP contribution in [-0.2, 0) is 24.4 Å². The fraction of sp³-hybridized carbons (Fsp3) is 0.389. The van der Waals surface area contributed by atoms with Crippen LogP contribution in [0.4, 0.5) is 0 Å². The van der Waals surface area contributed by atoms with Crippen molar-refractivity contribution in [3.8, 4) is 11.4 Å². The standard InChI is InChI=1S/C18H20N6O/c1-2-4-13(5-3-1)17-19-8-15(20-17)11-23-9-14(10-23)18-22-21-16-12-25-7-6-24(16)18/h1-5,8,14H,6-7,9-12H2,(H,19,20). The molecular weight excluding hydrogens is 316 g/mol. The zero-order valence-corrected chi connectivity index (χ0v) is 13.9. The number of imidazole rings is 1. The molecule has 1 saturated heterocycles. The highest BCUT2D eigenvalue weighted by Crippen LogP contribution is 2.28. The first-order valence-electron chi connectivity index (χ1n) is 8.68. The average molecular weight is 336 g/mol. The predicted molar refractivity (Wildman–Crippen MR) is 91.7 cm³/mol. The molecule has 3 aromatic rings. The number of nitrogens with one attached hydrogen (secondary N) is 1. The van der Waals surface area contributed by atoms with Crippen LogP contribution in [-0.4, -0.2) is 49.3 Å². The maximum Gasteiger partial charge on any atom is 0.159 e. The van der Waals surface area contributed by atoms with E-state index in [0.29, 0.717) is 12.5 Å². The van der Waals surface area contributed by atoms with Gasteiger partial charge in [0.15, 0.2) is 5.82 Å². The van der Waals surface area contributed by atoms with Crippen LogP contribution in [0.15, 0.2) is 36.5 Å². The largest absolute Gasteiger partial charge is 0.372 e. The van der Waals surface area contributed by atoms with Crippen LogP contribution >= 0.6 is 0 Å². The Morgan fingerprint density at radius 3 is 2.92 bits per heavy atom. The van der Waals surface area contributed by atoms with Crippen molar-refractivity contribution in [2.75, 3.05) is 19.7 Å². The molecule has 0 bridgehead atoms. The van der Waals surface area contributed by atoms with E-state index in [0.717, 1.165) is 61.5 Å². The Labute approximate surface area is 145 Å². The fourth-order valence-electron chi connectivity index (χ4n) is 3.61. The third-order valence-corrected chi connectivity index (χ3v) is 4.94. The molecule has 0 amide bonds. The summed E-state index contributed by atoms with van der Waals surface area (Å²) < 4.78 is 7.67. The third kappa shape index (κ3) is 2.75. The Balaban J connectivity index is 1.22. The summed E-state index contributed by atoms with van der Waals surface area (Å²) in [4.78, 5) is 10.3. The van der Waals surface area contributed by atoms with Gasteiger partial charge in [0.25, 0.3) is 0 Å². The van der Waals surface area contributed by atoms with Crippen LogP contribution in [0.25, 0.3) is 11.4 Å². The number of benzene rings is 1. The van der Waals surface area contributed by atoms with Gasteiger partial charge in [-0.25, -0.2) is 4.98 Å². The highest BCUT2D eigenvalue weighted by atomic mass is 16.5. The average Bonchev–Trinajstić information content (AvgIpc) is 3.26. The summed E-state index contributed by atoms with van der Waals surface area (Å²) in [5.74, 6) is 3.47. The number of likely N-dealkylation sites (tertiary alicyclic amines) is 1. The van der Waals surface area contributed by atoms with E-state index in [1.807, 2.05) is 24.4 Å².